The molecule has 0 aliphatic carbocycles. The minimum atomic E-state index is -1.38. The first kappa shape index (κ1) is 16.9. The quantitative estimate of drug-likeness (QED) is 0.858. The Morgan fingerprint density at radius 2 is 1.88 bits per heavy atom. The maximum absolute atomic E-state index is 12.1. The van der Waals surface area contributed by atoms with Gasteiger partial charge in [0, 0.05) is 11.1 Å². The van der Waals surface area contributed by atoms with Crippen molar-refractivity contribution in [3.63, 3.8) is 0 Å². The zero-order valence-corrected chi connectivity index (χ0v) is 14.6. The van der Waals surface area contributed by atoms with Crippen molar-refractivity contribution in [2.45, 2.75) is 12.5 Å². The number of carbonyl (C=O) groups excluding carboxylic acids is 2. The molecule has 1 atom stereocenters. The highest BCUT2D eigenvalue weighted by molar-refractivity contribution is 7.16. The standard InChI is InChI=1S/C18H17N3O3S/c1-10-13(16(19)22)15(18(17(20)23)8-3-9-21-18)25-14(10)11-4-6-12(24-2)7-5-11/h3-9H,1-2H3,(H2,19,22)(H2,20,23). The molecule has 128 valence electrons. The van der Waals surface area contributed by atoms with E-state index in [0.29, 0.717) is 16.0 Å². The summed E-state index contributed by atoms with van der Waals surface area (Å²) < 4.78 is 5.17. The lowest BCUT2D eigenvalue weighted by molar-refractivity contribution is -0.121. The molecule has 0 saturated heterocycles. The van der Waals surface area contributed by atoms with Crippen molar-refractivity contribution in [1.29, 1.82) is 0 Å². The number of thiophene rings is 1. The fourth-order valence-electron chi connectivity index (χ4n) is 2.87. The van der Waals surface area contributed by atoms with Gasteiger partial charge in [0.1, 0.15) is 5.75 Å². The third-order valence-electron chi connectivity index (χ3n) is 4.17. The highest BCUT2D eigenvalue weighted by atomic mass is 32.1. The Hall–Kier alpha value is -2.93. The fraction of sp³-hybridized carbons (Fsp3) is 0.167. The average molecular weight is 355 g/mol. The van der Waals surface area contributed by atoms with Crippen LogP contribution in [0.3, 0.4) is 0 Å². The van der Waals surface area contributed by atoms with E-state index in [-0.39, 0.29) is 0 Å². The number of nitrogens with zero attached hydrogens (tertiary/aromatic N) is 1. The predicted molar refractivity (Wildman–Crippen MR) is 98.1 cm³/mol. The number of hydrogen-bond donors (Lipinski definition) is 2. The van der Waals surface area contributed by atoms with Crippen LogP contribution in [0.1, 0.15) is 20.8 Å². The lowest BCUT2D eigenvalue weighted by Gasteiger charge is -2.20. The van der Waals surface area contributed by atoms with Crippen LogP contribution >= 0.6 is 11.3 Å². The number of allylic oxidation sites excluding steroid dienone is 1. The third-order valence-corrected chi connectivity index (χ3v) is 5.63. The van der Waals surface area contributed by atoms with Gasteiger partial charge in [0.15, 0.2) is 5.54 Å². The van der Waals surface area contributed by atoms with Gasteiger partial charge < -0.3 is 16.2 Å². The first-order chi connectivity index (χ1) is 11.9. The molecule has 25 heavy (non-hydrogen) atoms. The van der Waals surface area contributed by atoms with E-state index in [4.69, 9.17) is 16.2 Å². The number of carbonyl (C=O) groups is 2. The van der Waals surface area contributed by atoms with Crippen molar-refractivity contribution in [3.05, 3.63) is 52.4 Å². The van der Waals surface area contributed by atoms with Crippen molar-refractivity contribution in [2.75, 3.05) is 7.11 Å². The number of amides is 2. The van der Waals surface area contributed by atoms with Crippen LogP contribution in [0, 0.1) is 6.92 Å². The zero-order chi connectivity index (χ0) is 18.2. The Bertz CT molecular complexity index is 898. The molecule has 0 spiro atoms. The molecule has 2 heterocycles. The second-order valence-electron chi connectivity index (χ2n) is 5.62. The smallest absolute Gasteiger partial charge is 0.254 e. The molecule has 3 rings (SSSR count). The van der Waals surface area contributed by atoms with Crippen LogP contribution in [0.15, 0.2) is 41.4 Å². The zero-order valence-electron chi connectivity index (χ0n) is 13.8. The molecule has 2 amide bonds. The van der Waals surface area contributed by atoms with Crippen molar-refractivity contribution in [1.82, 2.24) is 0 Å². The molecule has 6 nitrogen and oxygen atoms in total. The fourth-order valence-corrected chi connectivity index (χ4v) is 4.32. The van der Waals surface area contributed by atoms with Crippen LogP contribution in [-0.2, 0) is 10.3 Å². The molecule has 1 aromatic heterocycles. The van der Waals surface area contributed by atoms with Gasteiger partial charge in [-0.1, -0.05) is 0 Å². The number of nitrogens with two attached hydrogens (primary N) is 2. The van der Waals surface area contributed by atoms with E-state index >= 15 is 0 Å². The van der Waals surface area contributed by atoms with Crippen molar-refractivity contribution in [3.8, 4) is 16.2 Å². The predicted octanol–water partition coefficient (Wildman–Crippen LogP) is 2.15. The average Bonchev–Trinajstić information content (AvgIpc) is 3.20. The number of methoxy groups -OCH3 is 1. The lowest BCUT2D eigenvalue weighted by atomic mass is 9.92. The number of hydrogen-bond acceptors (Lipinski definition) is 5. The molecule has 4 N–H and O–H groups in total. The largest absolute Gasteiger partial charge is 0.497 e. The van der Waals surface area contributed by atoms with Crippen molar-refractivity contribution in [2.24, 2.45) is 16.5 Å². The monoisotopic (exact) mass is 355 g/mol. The Labute approximate surface area is 148 Å². The molecule has 0 fully saturated rings. The maximum atomic E-state index is 12.1. The van der Waals surface area contributed by atoms with Crippen molar-refractivity contribution >= 4 is 29.4 Å². The van der Waals surface area contributed by atoms with Crippen LogP contribution in [0.25, 0.3) is 10.4 Å². The van der Waals surface area contributed by atoms with Crippen LogP contribution in [-0.4, -0.2) is 25.1 Å². The van der Waals surface area contributed by atoms with E-state index in [1.807, 2.05) is 24.3 Å². The summed E-state index contributed by atoms with van der Waals surface area (Å²) in [4.78, 5) is 29.7. The Morgan fingerprint density at radius 1 is 1.20 bits per heavy atom. The maximum Gasteiger partial charge on any atom is 0.254 e. The number of primary amides is 2. The summed E-state index contributed by atoms with van der Waals surface area (Å²) in [5.74, 6) is -0.535. The van der Waals surface area contributed by atoms with E-state index in [0.717, 1.165) is 16.2 Å². The summed E-state index contributed by atoms with van der Waals surface area (Å²) >= 11 is 1.30. The highest BCUT2D eigenvalue weighted by Gasteiger charge is 2.42. The lowest BCUT2D eigenvalue weighted by Crippen LogP contribution is -2.37. The summed E-state index contributed by atoms with van der Waals surface area (Å²) in [5.41, 5.74) is 11.7. The number of rotatable bonds is 5. The number of benzene rings is 1. The van der Waals surface area contributed by atoms with Gasteiger partial charge in [0.2, 0.25) is 5.91 Å². The van der Waals surface area contributed by atoms with Gasteiger partial charge in [-0.05, 0) is 54.5 Å². The third kappa shape index (κ3) is 2.62. The topological polar surface area (TPSA) is 108 Å². The molecular formula is C18H17N3O3S. The Kier molecular flexibility index (Phi) is 4.18. The first-order valence-corrected chi connectivity index (χ1v) is 8.33. The molecule has 1 unspecified atom stereocenters. The molecule has 0 bridgehead atoms. The van der Waals surface area contributed by atoms with Crippen LogP contribution in [0.2, 0.25) is 0 Å². The van der Waals surface area contributed by atoms with Crippen LogP contribution in [0.5, 0.6) is 5.75 Å². The SMILES string of the molecule is COc1ccc(-c2sc(C3(C(N)=O)C=CC=N3)c(C(N)=O)c2C)cc1. The summed E-state index contributed by atoms with van der Waals surface area (Å²) in [6, 6.07) is 7.43. The molecule has 7 heteroatoms. The summed E-state index contributed by atoms with van der Waals surface area (Å²) in [6.45, 7) is 1.80. The van der Waals surface area contributed by atoms with E-state index in [1.54, 1.807) is 26.2 Å². The van der Waals surface area contributed by atoms with Gasteiger partial charge in [-0.3, -0.25) is 14.6 Å². The van der Waals surface area contributed by atoms with Crippen molar-refractivity contribution < 1.29 is 14.3 Å². The normalized spacial score (nSPS) is 18.5. The minimum Gasteiger partial charge on any atom is -0.497 e. The molecule has 1 aromatic carbocycles. The van der Waals surface area contributed by atoms with E-state index in [1.165, 1.54) is 17.6 Å². The highest BCUT2D eigenvalue weighted by Crippen LogP contribution is 2.44. The molecular weight excluding hydrogens is 338 g/mol. The van der Waals surface area contributed by atoms with Crippen LogP contribution in [0.4, 0.5) is 0 Å². The van der Waals surface area contributed by atoms with E-state index < -0.39 is 17.4 Å². The van der Waals surface area contributed by atoms with Gasteiger partial charge in [-0.25, -0.2) is 0 Å². The Balaban J connectivity index is 2.23. The van der Waals surface area contributed by atoms with E-state index in [2.05, 4.69) is 4.99 Å². The first-order valence-electron chi connectivity index (χ1n) is 7.51. The molecule has 1 aliphatic rings. The number of aliphatic imine (C=N–C) groups is 1. The summed E-state index contributed by atoms with van der Waals surface area (Å²) in [6.07, 6.45) is 4.72. The number of ether oxygens (including phenoxy) is 1. The molecule has 0 saturated carbocycles. The second kappa shape index (κ2) is 6.18. The molecule has 0 radical (unpaired) electrons. The summed E-state index contributed by atoms with van der Waals surface area (Å²) in [7, 11) is 1.59. The van der Waals surface area contributed by atoms with E-state index in [9.17, 15) is 9.59 Å². The van der Waals surface area contributed by atoms with Crippen LogP contribution < -0.4 is 16.2 Å². The van der Waals surface area contributed by atoms with Gasteiger partial charge in [0.05, 0.1) is 17.6 Å². The van der Waals surface area contributed by atoms with Gasteiger partial charge in [0.25, 0.3) is 5.91 Å². The Morgan fingerprint density at radius 3 is 2.36 bits per heavy atom. The van der Waals surface area contributed by atoms with Gasteiger partial charge in [-0.2, -0.15) is 0 Å². The van der Waals surface area contributed by atoms with Gasteiger partial charge >= 0.3 is 0 Å². The van der Waals surface area contributed by atoms with Gasteiger partial charge in [-0.15, -0.1) is 11.3 Å². The second-order valence-corrected chi connectivity index (χ2v) is 6.64. The summed E-state index contributed by atoms with van der Waals surface area (Å²) in [5, 5.41) is 0. The molecule has 2 aromatic rings. The molecule has 1 aliphatic heterocycles. The minimum absolute atomic E-state index is 0.290.